The van der Waals surface area contributed by atoms with Crippen molar-refractivity contribution in [1.82, 2.24) is 20.1 Å². The zero-order chi connectivity index (χ0) is 44.6. The Morgan fingerprint density at radius 3 is 2.33 bits per heavy atom. The Kier molecular flexibility index (Phi) is 12.9. The summed E-state index contributed by atoms with van der Waals surface area (Å²) < 4.78 is 77.7. The highest BCUT2D eigenvalue weighted by Gasteiger charge is 2.52. The highest BCUT2D eigenvalue weighted by Crippen LogP contribution is 2.45. The van der Waals surface area contributed by atoms with Gasteiger partial charge in [0.15, 0.2) is 11.2 Å². The number of aromatic nitrogens is 1. The van der Waals surface area contributed by atoms with Crippen molar-refractivity contribution in [2.45, 2.75) is 88.7 Å². The second kappa shape index (κ2) is 17.5. The van der Waals surface area contributed by atoms with Crippen molar-refractivity contribution < 1.29 is 45.9 Å². The fourth-order valence-corrected chi connectivity index (χ4v) is 8.63. The van der Waals surface area contributed by atoms with Crippen LogP contribution in [0.5, 0.6) is 5.75 Å². The number of nitrogens with zero attached hydrogens (tertiary/aromatic N) is 6. The van der Waals surface area contributed by atoms with E-state index in [0.29, 0.717) is 50.4 Å². The van der Waals surface area contributed by atoms with Crippen LogP contribution in [0, 0.1) is 11.3 Å². The van der Waals surface area contributed by atoms with Gasteiger partial charge in [0.2, 0.25) is 17.7 Å². The van der Waals surface area contributed by atoms with Crippen LogP contribution in [0.25, 0.3) is 0 Å². The minimum atomic E-state index is -4.93. The molecule has 3 aliphatic heterocycles. The largest absolute Gasteiger partial charge is 0.492 e. The molecule has 20 heteroatoms. The summed E-state index contributed by atoms with van der Waals surface area (Å²) in [6.45, 7) is 9.36. The molecule has 14 nitrogen and oxygen atoms in total. The predicted molar refractivity (Wildman–Crippen MR) is 219 cm³/mol. The maximum Gasteiger partial charge on any atom is 0.419 e. The van der Waals surface area contributed by atoms with Crippen LogP contribution < -0.4 is 30.5 Å². The molecule has 326 valence electrons. The van der Waals surface area contributed by atoms with Crippen LogP contribution >= 0.6 is 12.6 Å². The van der Waals surface area contributed by atoms with Crippen molar-refractivity contribution in [2.24, 2.45) is 0 Å². The lowest BCUT2D eigenvalue weighted by molar-refractivity contribution is -0.138. The Bertz CT molecular complexity index is 2220. The molecule has 0 spiro atoms. The first-order chi connectivity index (χ1) is 28.6. The minimum Gasteiger partial charge on any atom is -0.492 e. The van der Waals surface area contributed by atoms with Crippen molar-refractivity contribution in [3.8, 4) is 11.8 Å². The molecule has 3 aromatic rings. The van der Waals surface area contributed by atoms with E-state index >= 15 is 8.78 Å². The number of thiol groups is 1. The first kappa shape index (κ1) is 45.0. The number of hydrogen-bond donors (Lipinski definition) is 4. The summed E-state index contributed by atoms with van der Waals surface area (Å²) in [4.78, 5) is 60.7. The molecule has 0 radical (unpaired) electrons. The summed E-state index contributed by atoms with van der Waals surface area (Å²) in [5.74, 6) is -5.11. The molecule has 4 heterocycles. The molecule has 1 aromatic heterocycles. The number of carbonyl (C=O) groups is 4. The lowest BCUT2D eigenvalue weighted by Gasteiger charge is -2.44. The number of hydrogen-bond acceptors (Lipinski definition) is 12. The molecule has 4 amide bonds. The number of nitriles is 1. The number of amides is 4. The quantitative estimate of drug-likeness (QED) is 0.103. The molecular weight excluding hydrogens is 826 g/mol. The van der Waals surface area contributed by atoms with Gasteiger partial charge in [-0.3, -0.25) is 39.2 Å². The van der Waals surface area contributed by atoms with Gasteiger partial charge in [-0.2, -0.15) is 18.4 Å². The molecule has 3 N–H and O–H groups in total. The lowest BCUT2D eigenvalue weighted by Crippen LogP contribution is -2.58. The summed E-state index contributed by atoms with van der Waals surface area (Å²) in [6.07, 6.45) is -3.38. The van der Waals surface area contributed by atoms with Crippen molar-refractivity contribution in [2.75, 3.05) is 53.2 Å². The van der Waals surface area contributed by atoms with Gasteiger partial charge in [0.05, 0.1) is 29.6 Å². The van der Waals surface area contributed by atoms with E-state index in [0.717, 1.165) is 11.1 Å². The van der Waals surface area contributed by atoms with Gasteiger partial charge in [-0.1, -0.05) is 6.07 Å². The van der Waals surface area contributed by atoms with Gasteiger partial charge >= 0.3 is 6.18 Å². The van der Waals surface area contributed by atoms with Crippen molar-refractivity contribution >= 4 is 59.0 Å². The monoisotopic (exact) mass is 871 g/mol. The first-order valence-electron chi connectivity index (χ1n) is 19.5. The minimum absolute atomic E-state index is 0.0507. The van der Waals surface area contributed by atoms with Crippen LogP contribution in [-0.2, 0) is 31.3 Å². The summed E-state index contributed by atoms with van der Waals surface area (Å²) >= 11 is 4.56. The molecule has 0 saturated carbocycles. The van der Waals surface area contributed by atoms with Crippen molar-refractivity contribution in [3.05, 3.63) is 71.5 Å². The Balaban J connectivity index is 1.07. The van der Waals surface area contributed by atoms with Gasteiger partial charge in [-0.25, -0.2) is 13.8 Å². The van der Waals surface area contributed by atoms with Crippen LogP contribution in [-0.4, -0.2) is 100 Å². The molecule has 61 heavy (non-hydrogen) atoms. The average Bonchev–Trinajstić information content (AvgIpc) is 3.35. The summed E-state index contributed by atoms with van der Waals surface area (Å²) in [5, 5.41) is 17.5. The zero-order valence-electron chi connectivity index (χ0n) is 34.0. The number of halogens is 5. The van der Waals surface area contributed by atoms with Gasteiger partial charge in [0.1, 0.15) is 30.0 Å². The van der Waals surface area contributed by atoms with Gasteiger partial charge in [0, 0.05) is 62.1 Å². The zero-order valence-corrected chi connectivity index (χ0v) is 34.9. The smallest absolute Gasteiger partial charge is 0.419 e. The Morgan fingerprint density at radius 1 is 1.02 bits per heavy atom. The van der Waals surface area contributed by atoms with E-state index in [-0.39, 0.29) is 60.6 Å². The van der Waals surface area contributed by atoms with Gasteiger partial charge in [-0.15, -0.1) is 12.6 Å². The number of anilines is 4. The third-order valence-electron chi connectivity index (χ3n) is 11.0. The standard InChI is InChI=1S/C41H46F5N9O5S/c1-23-20-52(21-24(2)53(23)22-35(57)50-26-8-6-7-25(15-26)49-31-10-12-34(56)51-36(31)58)13-14-60-33-11-9-27(16-30(33)40(5,42)43)55-38(61)54(37(59)39(55,3)4)28-17-29(41(44,45)46)32(18-47)48-19-28/h6-9,11,15-17,19,23-24,31,38,49,61H,10,12-14,20-22H2,1-5H3,(H,50,57)(H,51,56,58)/t23-,24+,31?,38?. The number of alkyl halides is 5. The third kappa shape index (κ3) is 9.84. The molecule has 0 aliphatic carbocycles. The van der Waals surface area contributed by atoms with Crippen LogP contribution in [0.3, 0.4) is 0 Å². The van der Waals surface area contributed by atoms with Gasteiger partial charge in [-0.05, 0) is 76.6 Å². The van der Waals surface area contributed by atoms with Crippen LogP contribution in [0.2, 0.25) is 0 Å². The molecule has 2 unspecified atom stereocenters. The van der Waals surface area contributed by atoms with E-state index in [9.17, 15) is 37.6 Å². The van der Waals surface area contributed by atoms with E-state index in [1.54, 1.807) is 24.3 Å². The van der Waals surface area contributed by atoms with E-state index in [4.69, 9.17) is 4.74 Å². The Hall–Kier alpha value is -5.52. The number of rotatable bonds is 12. The number of piperazine rings is 1. The second-order valence-electron chi connectivity index (χ2n) is 16.0. The Labute approximate surface area is 354 Å². The van der Waals surface area contributed by atoms with Crippen molar-refractivity contribution in [1.29, 1.82) is 5.26 Å². The van der Waals surface area contributed by atoms with E-state index in [1.807, 2.05) is 13.8 Å². The molecule has 0 bridgehead atoms. The van der Waals surface area contributed by atoms with E-state index < -0.39 is 57.8 Å². The van der Waals surface area contributed by atoms with Gasteiger partial charge in [0.25, 0.3) is 11.8 Å². The summed E-state index contributed by atoms with van der Waals surface area (Å²) in [5.41, 5.74) is -4.34. The SMILES string of the molecule is C[C@@H]1CN(CCOc2ccc(N3C(S)N(c4cnc(C#N)c(C(F)(F)F)c4)C(=O)C3(C)C)cc2C(C)(F)F)C[C@H](C)N1CC(=O)Nc1cccc(NC2CCC(=O)NC2=O)c1. The average molecular weight is 872 g/mol. The van der Waals surface area contributed by atoms with Crippen LogP contribution in [0.4, 0.5) is 44.7 Å². The molecule has 6 rings (SSSR count). The molecule has 4 atom stereocenters. The molecule has 3 saturated heterocycles. The predicted octanol–water partition coefficient (Wildman–Crippen LogP) is 5.56. The number of piperidine rings is 1. The first-order valence-corrected chi connectivity index (χ1v) is 20.0. The maximum absolute atomic E-state index is 15.2. The normalized spacial score (nSPS) is 22.5. The number of imide groups is 1. The fourth-order valence-electron chi connectivity index (χ4n) is 7.97. The number of ether oxygens (including phenoxy) is 1. The molecule has 2 aromatic carbocycles. The lowest BCUT2D eigenvalue weighted by atomic mass is 10.0. The number of nitrogens with one attached hydrogen (secondary N) is 3. The number of benzene rings is 2. The number of carbonyl (C=O) groups excluding carboxylic acids is 4. The molecule has 3 fully saturated rings. The van der Waals surface area contributed by atoms with Crippen LogP contribution in [0.15, 0.2) is 54.7 Å². The summed E-state index contributed by atoms with van der Waals surface area (Å²) in [6, 6.07) is 12.3. The maximum atomic E-state index is 15.2. The van der Waals surface area contributed by atoms with E-state index in [2.05, 4.69) is 43.4 Å². The van der Waals surface area contributed by atoms with Gasteiger partial charge < -0.3 is 20.3 Å². The summed E-state index contributed by atoms with van der Waals surface area (Å²) in [7, 11) is 0. The van der Waals surface area contributed by atoms with E-state index in [1.165, 1.54) is 43.0 Å². The topological polar surface area (TPSA) is 163 Å². The highest BCUT2D eigenvalue weighted by molar-refractivity contribution is 7.81. The molecular formula is C41H46F5N9O5S. The fraction of sp³-hybridized carbons (Fsp3) is 0.463. The number of pyridine rings is 1. The van der Waals surface area contributed by atoms with Crippen LogP contribution in [0.1, 0.15) is 64.3 Å². The Morgan fingerprint density at radius 2 is 1.69 bits per heavy atom. The molecule has 3 aliphatic rings. The highest BCUT2D eigenvalue weighted by atomic mass is 32.1. The second-order valence-corrected chi connectivity index (χ2v) is 16.4. The third-order valence-corrected chi connectivity index (χ3v) is 11.4. The van der Waals surface area contributed by atoms with Crippen molar-refractivity contribution in [3.63, 3.8) is 0 Å².